The Bertz CT molecular complexity index is 386. The van der Waals surface area contributed by atoms with Gasteiger partial charge in [0.15, 0.2) is 11.5 Å². The second-order valence-corrected chi connectivity index (χ2v) is 4.77. The fourth-order valence-electron chi connectivity index (χ4n) is 2.32. The maximum absolute atomic E-state index is 5.84. The summed E-state index contributed by atoms with van der Waals surface area (Å²) >= 11 is 0. The highest BCUT2D eigenvalue weighted by atomic mass is 16.5. The lowest BCUT2D eigenvalue weighted by molar-refractivity contribution is 0.0893. The number of aryl methyl sites for hydroxylation is 1. The lowest BCUT2D eigenvalue weighted by atomic mass is 10.2. The number of ether oxygens (including phenoxy) is 4. The van der Waals surface area contributed by atoms with E-state index in [9.17, 15) is 0 Å². The second kappa shape index (κ2) is 6.66. The maximum atomic E-state index is 5.84. The first-order valence-corrected chi connectivity index (χ1v) is 6.71. The van der Waals surface area contributed by atoms with Crippen molar-refractivity contribution >= 4 is 0 Å². The van der Waals surface area contributed by atoms with E-state index >= 15 is 0 Å². The summed E-state index contributed by atoms with van der Waals surface area (Å²) in [4.78, 5) is 0. The van der Waals surface area contributed by atoms with E-state index in [2.05, 4.69) is 0 Å². The summed E-state index contributed by atoms with van der Waals surface area (Å²) in [5, 5.41) is 0. The Labute approximate surface area is 114 Å². The zero-order chi connectivity index (χ0) is 13.7. The molecule has 19 heavy (non-hydrogen) atoms. The lowest BCUT2D eigenvalue weighted by Gasteiger charge is -2.16. The molecule has 1 fully saturated rings. The average Bonchev–Trinajstić information content (AvgIpc) is 2.92. The van der Waals surface area contributed by atoms with Crippen LogP contribution in [0.3, 0.4) is 0 Å². The van der Waals surface area contributed by atoms with Gasteiger partial charge in [-0.05, 0) is 37.5 Å². The van der Waals surface area contributed by atoms with Gasteiger partial charge in [-0.15, -0.1) is 0 Å². The van der Waals surface area contributed by atoms with Crippen LogP contribution >= 0.6 is 0 Å². The van der Waals surface area contributed by atoms with Crippen LogP contribution in [-0.4, -0.2) is 33.5 Å². The van der Waals surface area contributed by atoms with Gasteiger partial charge in [0, 0.05) is 13.0 Å². The van der Waals surface area contributed by atoms with Crippen LogP contribution in [0.1, 0.15) is 24.8 Å². The summed E-state index contributed by atoms with van der Waals surface area (Å²) in [6, 6.07) is 3.90. The SMILES string of the molecule is COc1cc(C)cc(OC)c1OCCC1CCCO1. The molecule has 1 saturated heterocycles. The minimum absolute atomic E-state index is 0.336. The molecule has 0 saturated carbocycles. The van der Waals surface area contributed by atoms with E-state index in [1.54, 1.807) is 14.2 Å². The number of benzene rings is 1. The van der Waals surface area contributed by atoms with Crippen molar-refractivity contribution in [2.45, 2.75) is 32.3 Å². The Kier molecular flexibility index (Phi) is 4.91. The maximum Gasteiger partial charge on any atom is 0.203 e. The summed E-state index contributed by atoms with van der Waals surface area (Å²) in [7, 11) is 3.28. The molecule has 1 aromatic carbocycles. The van der Waals surface area contributed by atoms with Crippen molar-refractivity contribution in [2.75, 3.05) is 27.4 Å². The molecule has 0 N–H and O–H groups in total. The van der Waals surface area contributed by atoms with E-state index < -0.39 is 0 Å². The predicted molar refractivity (Wildman–Crippen MR) is 73.4 cm³/mol. The molecule has 1 aliphatic rings. The number of hydrogen-bond acceptors (Lipinski definition) is 4. The average molecular weight is 266 g/mol. The summed E-state index contributed by atoms with van der Waals surface area (Å²) in [6.45, 7) is 3.49. The van der Waals surface area contributed by atoms with E-state index in [1.807, 2.05) is 19.1 Å². The predicted octanol–water partition coefficient (Wildman–Crippen LogP) is 2.96. The number of hydrogen-bond donors (Lipinski definition) is 0. The molecule has 0 bridgehead atoms. The summed E-state index contributed by atoms with van der Waals surface area (Å²) in [6.07, 6.45) is 3.52. The van der Waals surface area contributed by atoms with Gasteiger partial charge >= 0.3 is 0 Å². The van der Waals surface area contributed by atoms with Crippen molar-refractivity contribution in [3.63, 3.8) is 0 Å². The van der Waals surface area contributed by atoms with Gasteiger partial charge in [-0.25, -0.2) is 0 Å². The minimum Gasteiger partial charge on any atom is -0.493 e. The van der Waals surface area contributed by atoms with E-state index in [0.29, 0.717) is 30.0 Å². The van der Waals surface area contributed by atoms with Crippen molar-refractivity contribution in [1.82, 2.24) is 0 Å². The number of methoxy groups -OCH3 is 2. The van der Waals surface area contributed by atoms with Gasteiger partial charge in [0.2, 0.25) is 5.75 Å². The van der Waals surface area contributed by atoms with Crippen LogP contribution in [0.25, 0.3) is 0 Å². The largest absolute Gasteiger partial charge is 0.493 e. The Balaban J connectivity index is 2.00. The fourth-order valence-corrected chi connectivity index (χ4v) is 2.32. The van der Waals surface area contributed by atoms with Gasteiger partial charge in [-0.1, -0.05) is 0 Å². The van der Waals surface area contributed by atoms with Crippen LogP contribution in [0.4, 0.5) is 0 Å². The van der Waals surface area contributed by atoms with E-state index in [4.69, 9.17) is 18.9 Å². The van der Waals surface area contributed by atoms with Gasteiger partial charge in [-0.2, -0.15) is 0 Å². The molecule has 1 atom stereocenters. The molecule has 4 nitrogen and oxygen atoms in total. The standard InChI is InChI=1S/C15H22O4/c1-11-9-13(16-2)15(14(10-11)17-3)19-8-6-12-5-4-7-18-12/h9-10,12H,4-8H2,1-3H3. The van der Waals surface area contributed by atoms with Gasteiger partial charge in [0.05, 0.1) is 26.9 Å². The summed E-state index contributed by atoms with van der Waals surface area (Å²) in [5.41, 5.74) is 1.08. The van der Waals surface area contributed by atoms with E-state index in [0.717, 1.165) is 31.4 Å². The normalized spacial score (nSPS) is 18.4. The third-order valence-corrected chi connectivity index (χ3v) is 3.32. The molecular weight excluding hydrogens is 244 g/mol. The molecule has 2 rings (SSSR count). The van der Waals surface area contributed by atoms with Crippen LogP contribution in [0, 0.1) is 6.92 Å². The highest BCUT2D eigenvalue weighted by molar-refractivity contribution is 5.53. The first kappa shape index (κ1) is 14.0. The molecular formula is C15H22O4. The highest BCUT2D eigenvalue weighted by Gasteiger charge is 2.17. The summed E-state index contributed by atoms with van der Waals surface area (Å²) in [5.74, 6) is 2.10. The monoisotopic (exact) mass is 266 g/mol. The van der Waals surface area contributed by atoms with Crippen LogP contribution < -0.4 is 14.2 Å². The Morgan fingerprint density at radius 2 is 1.89 bits per heavy atom. The first-order chi connectivity index (χ1) is 9.24. The Morgan fingerprint density at radius 3 is 2.42 bits per heavy atom. The van der Waals surface area contributed by atoms with Crippen LogP contribution in [-0.2, 0) is 4.74 Å². The van der Waals surface area contributed by atoms with Crippen molar-refractivity contribution in [1.29, 1.82) is 0 Å². The molecule has 1 unspecified atom stereocenters. The number of rotatable bonds is 6. The third-order valence-electron chi connectivity index (χ3n) is 3.32. The Morgan fingerprint density at radius 1 is 1.21 bits per heavy atom. The first-order valence-electron chi connectivity index (χ1n) is 6.71. The van der Waals surface area contributed by atoms with Crippen LogP contribution in [0.2, 0.25) is 0 Å². The van der Waals surface area contributed by atoms with Crippen molar-refractivity contribution in [2.24, 2.45) is 0 Å². The minimum atomic E-state index is 0.336. The molecule has 0 radical (unpaired) electrons. The van der Waals surface area contributed by atoms with E-state index in [1.165, 1.54) is 0 Å². The van der Waals surface area contributed by atoms with Crippen molar-refractivity contribution in [3.8, 4) is 17.2 Å². The molecule has 0 spiro atoms. The van der Waals surface area contributed by atoms with Crippen LogP contribution in [0.5, 0.6) is 17.2 Å². The highest BCUT2D eigenvalue weighted by Crippen LogP contribution is 2.38. The molecule has 0 aliphatic carbocycles. The molecule has 1 aliphatic heterocycles. The zero-order valence-electron chi connectivity index (χ0n) is 11.9. The molecule has 106 valence electrons. The third kappa shape index (κ3) is 3.53. The molecule has 1 aromatic rings. The van der Waals surface area contributed by atoms with E-state index in [-0.39, 0.29) is 0 Å². The molecule has 0 amide bonds. The zero-order valence-corrected chi connectivity index (χ0v) is 11.9. The molecule has 0 aromatic heterocycles. The fraction of sp³-hybridized carbons (Fsp3) is 0.600. The quantitative estimate of drug-likeness (QED) is 0.793. The Hall–Kier alpha value is -1.42. The van der Waals surface area contributed by atoms with Gasteiger partial charge in [-0.3, -0.25) is 0 Å². The van der Waals surface area contributed by atoms with Crippen LogP contribution in [0.15, 0.2) is 12.1 Å². The molecule has 4 heteroatoms. The molecule has 1 heterocycles. The van der Waals surface area contributed by atoms with Gasteiger partial charge in [0.1, 0.15) is 0 Å². The second-order valence-electron chi connectivity index (χ2n) is 4.77. The summed E-state index contributed by atoms with van der Waals surface area (Å²) < 4.78 is 22.1. The van der Waals surface area contributed by atoms with Crippen molar-refractivity contribution in [3.05, 3.63) is 17.7 Å². The topological polar surface area (TPSA) is 36.9 Å². The lowest BCUT2D eigenvalue weighted by Crippen LogP contribution is -2.11. The van der Waals surface area contributed by atoms with Gasteiger partial charge in [0.25, 0.3) is 0 Å². The van der Waals surface area contributed by atoms with Crippen molar-refractivity contribution < 1.29 is 18.9 Å². The van der Waals surface area contributed by atoms with Gasteiger partial charge < -0.3 is 18.9 Å². The smallest absolute Gasteiger partial charge is 0.203 e.